The Balaban J connectivity index is 1.97. The number of carboxylic acids is 1. The summed E-state index contributed by atoms with van der Waals surface area (Å²) in [6.07, 6.45) is 4.73. The molecule has 0 aromatic heterocycles. The molecular formula is C15H21NO3. The van der Waals surface area contributed by atoms with Crippen molar-refractivity contribution in [3.8, 4) is 5.75 Å². The van der Waals surface area contributed by atoms with Gasteiger partial charge in [0, 0.05) is 0 Å². The summed E-state index contributed by atoms with van der Waals surface area (Å²) >= 11 is 0. The maximum atomic E-state index is 11.0. The lowest BCUT2D eigenvalue weighted by Gasteiger charge is -2.18. The molecule has 1 atom stereocenters. The number of benzene rings is 1. The summed E-state index contributed by atoms with van der Waals surface area (Å²) in [6, 6.07) is 5.45. The molecule has 0 aliphatic heterocycles. The fraction of sp³-hybridized carbons (Fsp3) is 0.533. The van der Waals surface area contributed by atoms with Gasteiger partial charge in [0.25, 0.3) is 0 Å². The third-order valence-electron chi connectivity index (χ3n) is 3.49. The lowest BCUT2D eigenvalue weighted by atomic mass is 9.92. The molecule has 1 unspecified atom stereocenters. The first kappa shape index (κ1) is 13.9. The van der Waals surface area contributed by atoms with Crippen molar-refractivity contribution < 1.29 is 14.6 Å². The van der Waals surface area contributed by atoms with E-state index in [1.165, 1.54) is 24.0 Å². The molecule has 104 valence electrons. The number of hydrogen-bond acceptors (Lipinski definition) is 3. The van der Waals surface area contributed by atoms with Crippen LogP contribution in [-0.2, 0) is 17.6 Å². The molecule has 0 saturated carbocycles. The average molecular weight is 263 g/mol. The van der Waals surface area contributed by atoms with Gasteiger partial charge in [0.15, 0.2) is 0 Å². The van der Waals surface area contributed by atoms with Crippen LogP contribution in [-0.4, -0.2) is 30.3 Å². The lowest BCUT2D eigenvalue weighted by Crippen LogP contribution is -2.41. The first-order valence-electron chi connectivity index (χ1n) is 6.91. The van der Waals surface area contributed by atoms with E-state index in [4.69, 9.17) is 9.84 Å². The number of hydrogen-bond donors (Lipinski definition) is 2. The number of nitrogens with one attached hydrogen (secondary N) is 1. The van der Waals surface area contributed by atoms with Gasteiger partial charge in [-0.2, -0.15) is 0 Å². The molecule has 0 fully saturated rings. The summed E-state index contributed by atoms with van der Waals surface area (Å²) in [4.78, 5) is 11.0. The molecule has 0 bridgehead atoms. The number of aryl methyl sites for hydroxylation is 2. The van der Waals surface area contributed by atoms with Crippen LogP contribution in [0.15, 0.2) is 18.2 Å². The van der Waals surface area contributed by atoms with Crippen molar-refractivity contribution >= 4 is 5.97 Å². The van der Waals surface area contributed by atoms with Gasteiger partial charge >= 0.3 is 5.97 Å². The molecule has 0 saturated heterocycles. The van der Waals surface area contributed by atoms with Gasteiger partial charge in [-0.15, -0.1) is 0 Å². The molecule has 2 N–H and O–H groups in total. The van der Waals surface area contributed by atoms with Gasteiger partial charge in [-0.25, -0.2) is 0 Å². The summed E-state index contributed by atoms with van der Waals surface area (Å²) < 4.78 is 5.60. The Bertz CT molecular complexity index is 445. The van der Waals surface area contributed by atoms with Crippen LogP contribution in [0.25, 0.3) is 0 Å². The third-order valence-corrected chi connectivity index (χ3v) is 3.49. The molecule has 1 aliphatic carbocycles. The predicted molar refractivity (Wildman–Crippen MR) is 73.7 cm³/mol. The van der Waals surface area contributed by atoms with E-state index in [1.54, 1.807) is 0 Å². The van der Waals surface area contributed by atoms with Crippen molar-refractivity contribution in [2.45, 2.75) is 38.6 Å². The minimum Gasteiger partial charge on any atom is -0.491 e. The molecule has 1 aliphatic rings. The van der Waals surface area contributed by atoms with Crippen molar-refractivity contribution in [1.82, 2.24) is 5.32 Å². The van der Waals surface area contributed by atoms with Crippen molar-refractivity contribution in [1.29, 1.82) is 0 Å². The summed E-state index contributed by atoms with van der Waals surface area (Å²) in [5.74, 6) is -0.107. The Hall–Kier alpha value is -1.55. The number of aliphatic carboxylic acids is 1. The second-order valence-corrected chi connectivity index (χ2v) is 4.90. The number of ether oxygens (including phenoxy) is 1. The number of rotatable bonds is 6. The number of carboxylic acid groups (broad SMARTS) is 1. The molecule has 1 aromatic carbocycles. The van der Waals surface area contributed by atoms with E-state index in [9.17, 15) is 4.79 Å². The Morgan fingerprint density at radius 2 is 2.11 bits per heavy atom. The van der Waals surface area contributed by atoms with Crippen LogP contribution in [0.4, 0.5) is 0 Å². The van der Waals surface area contributed by atoms with Gasteiger partial charge in [-0.05, 0) is 55.5 Å². The minimum atomic E-state index is -0.875. The van der Waals surface area contributed by atoms with Crippen molar-refractivity contribution in [3.05, 3.63) is 29.3 Å². The van der Waals surface area contributed by atoms with Crippen molar-refractivity contribution in [2.75, 3.05) is 13.2 Å². The van der Waals surface area contributed by atoms with E-state index >= 15 is 0 Å². The molecule has 0 spiro atoms. The van der Waals surface area contributed by atoms with Crippen LogP contribution >= 0.6 is 0 Å². The van der Waals surface area contributed by atoms with E-state index in [0.717, 1.165) is 18.6 Å². The second-order valence-electron chi connectivity index (χ2n) is 4.90. The van der Waals surface area contributed by atoms with Gasteiger partial charge in [0.1, 0.15) is 18.4 Å². The van der Waals surface area contributed by atoms with Crippen LogP contribution in [0.2, 0.25) is 0 Å². The zero-order valence-corrected chi connectivity index (χ0v) is 11.3. The molecule has 2 rings (SSSR count). The van der Waals surface area contributed by atoms with Gasteiger partial charge in [-0.1, -0.05) is 13.0 Å². The molecule has 4 heteroatoms. The van der Waals surface area contributed by atoms with E-state index in [2.05, 4.69) is 17.4 Å². The van der Waals surface area contributed by atoms with Crippen LogP contribution in [0.5, 0.6) is 5.75 Å². The minimum absolute atomic E-state index is 0.155. The molecule has 0 amide bonds. The highest BCUT2D eigenvalue weighted by Crippen LogP contribution is 2.25. The van der Waals surface area contributed by atoms with E-state index < -0.39 is 12.0 Å². The topological polar surface area (TPSA) is 58.6 Å². The van der Waals surface area contributed by atoms with Gasteiger partial charge in [0.2, 0.25) is 0 Å². The lowest BCUT2D eigenvalue weighted by molar-refractivity contribution is -0.140. The monoisotopic (exact) mass is 263 g/mol. The van der Waals surface area contributed by atoms with Gasteiger partial charge < -0.3 is 15.2 Å². The molecule has 4 nitrogen and oxygen atoms in total. The smallest absolute Gasteiger partial charge is 0.324 e. The fourth-order valence-corrected chi connectivity index (χ4v) is 2.44. The van der Waals surface area contributed by atoms with Crippen molar-refractivity contribution in [3.63, 3.8) is 0 Å². The molecular weight excluding hydrogens is 242 g/mol. The van der Waals surface area contributed by atoms with Gasteiger partial charge in [-0.3, -0.25) is 4.79 Å². The second kappa shape index (κ2) is 6.57. The van der Waals surface area contributed by atoms with Crippen LogP contribution in [0, 0.1) is 0 Å². The van der Waals surface area contributed by atoms with E-state index in [0.29, 0.717) is 6.54 Å². The summed E-state index contributed by atoms with van der Waals surface area (Å²) in [7, 11) is 0. The number of carbonyl (C=O) groups is 1. The highest BCUT2D eigenvalue weighted by Gasteiger charge is 2.17. The van der Waals surface area contributed by atoms with E-state index in [1.807, 2.05) is 13.0 Å². The predicted octanol–water partition coefficient (Wildman–Crippen LogP) is 2.01. The number of fused-ring (bicyclic) bond motifs is 1. The summed E-state index contributed by atoms with van der Waals surface area (Å²) in [6.45, 7) is 2.65. The van der Waals surface area contributed by atoms with Crippen LogP contribution in [0.1, 0.15) is 30.9 Å². The van der Waals surface area contributed by atoms with Gasteiger partial charge in [0.05, 0.1) is 0 Å². The zero-order chi connectivity index (χ0) is 13.7. The summed E-state index contributed by atoms with van der Waals surface area (Å²) in [5, 5.41) is 11.9. The third kappa shape index (κ3) is 3.70. The summed E-state index contributed by atoms with van der Waals surface area (Å²) in [5.41, 5.74) is 2.75. The Labute approximate surface area is 113 Å². The molecule has 19 heavy (non-hydrogen) atoms. The highest BCUT2D eigenvalue weighted by atomic mass is 16.5. The Kier molecular flexibility index (Phi) is 4.80. The van der Waals surface area contributed by atoms with E-state index in [-0.39, 0.29) is 6.61 Å². The molecule has 0 heterocycles. The number of likely N-dealkylation sites (N-methyl/N-ethyl adjacent to an activating group) is 1. The molecule has 1 aromatic rings. The SMILES string of the molecule is CCNC(COc1ccc2c(c1)CCCC2)C(=O)O. The molecule has 0 radical (unpaired) electrons. The first-order chi connectivity index (χ1) is 9.20. The Morgan fingerprint density at radius 1 is 1.37 bits per heavy atom. The first-order valence-corrected chi connectivity index (χ1v) is 6.91. The largest absolute Gasteiger partial charge is 0.491 e. The van der Waals surface area contributed by atoms with Crippen molar-refractivity contribution in [2.24, 2.45) is 0 Å². The highest BCUT2D eigenvalue weighted by molar-refractivity contribution is 5.73. The normalized spacial score (nSPS) is 15.6. The maximum absolute atomic E-state index is 11.0. The quantitative estimate of drug-likeness (QED) is 0.824. The average Bonchev–Trinajstić information content (AvgIpc) is 2.43. The fourth-order valence-electron chi connectivity index (χ4n) is 2.44. The Morgan fingerprint density at radius 3 is 2.79 bits per heavy atom. The maximum Gasteiger partial charge on any atom is 0.324 e. The zero-order valence-electron chi connectivity index (χ0n) is 11.3. The van der Waals surface area contributed by atoms with Crippen LogP contribution < -0.4 is 10.1 Å². The standard InChI is InChI=1S/C15H21NO3/c1-2-16-14(15(17)18)10-19-13-8-7-11-5-3-4-6-12(11)9-13/h7-9,14,16H,2-6,10H2,1H3,(H,17,18). The van der Waals surface area contributed by atoms with Crippen LogP contribution in [0.3, 0.4) is 0 Å².